The molecule has 0 saturated carbocycles. The van der Waals surface area contributed by atoms with E-state index in [1.54, 1.807) is 16.7 Å². The number of carbonyl (C=O) groups is 1. The number of benzene rings is 1. The van der Waals surface area contributed by atoms with Crippen LogP contribution in [0.15, 0.2) is 35.3 Å². The van der Waals surface area contributed by atoms with Crippen LogP contribution in [0.25, 0.3) is 22.2 Å². The quantitative estimate of drug-likeness (QED) is 0.437. The predicted molar refractivity (Wildman–Crippen MR) is 97.7 cm³/mol. The molecule has 0 unspecified atom stereocenters. The highest BCUT2D eigenvalue weighted by atomic mass is 16.1. The number of hydrogen-bond acceptors (Lipinski definition) is 5. The first kappa shape index (κ1) is 15.9. The summed E-state index contributed by atoms with van der Waals surface area (Å²) >= 11 is 0. The van der Waals surface area contributed by atoms with Crippen LogP contribution in [0.1, 0.15) is 22.8 Å². The molecular formula is C17H17N7O2. The number of aryl methyl sites for hydroxylation is 1. The molecule has 0 fully saturated rings. The number of imidazole rings is 2. The summed E-state index contributed by atoms with van der Waals surface area (Å²) in [5.41, 5.74) is 9.55. The van der Waals surface area contributed by atoms with Crippen molar-refractivity contribution in [1.29, 1.82) is 0 Å². The molecule has 3 aromatic heterocycles. The van der Waals surface area contributed by atoms with E-state index in [1.807, 2.05) is 19.1 Å². The maximum atomic E-state index is 12.4. The Balaban J connectivity index is 1.53. The van der Waals surface area contributed by atoms with Crippen molar-refractivity contribution in [3.8, 4) is 0 Å². The SMILES string of the molecule is CCn1c(N)nc2cc(C(=O)NCc3ccc4[nH]c(=O)[nH]c4c3)cnc21. The second-order valence-electron chi connectivity index (χ2n) is 5.92. The van der Waals surface area contributed by atoms with Gasteiger partial charge in [-0.25, -0.2) is 14.8 Å². The molecule has 4 aromatic rings. The van der Waals surface area contributed by atoms with Gasteiger partial charge in [0.1, 0.15) is 5.52 Å². The first-order valence-corrected chi connectivity index (χ1v) is 8.16. The summed E-state index contributed by atoms with van der Waals surface area (Å²) < 4.78 is 1.78. The van der Waals surface area contributed by atoms with E-state index in [4.69, 9.17) is 5.73 Å². The third kappa shape index (κ3) is 2.69. The standard InChI is InChI=1S/C17H17N7O2/c1-2-24-14-13(21-16(24)18)6-10(8-19-14)15(25)20-7-9-3-4-11-12(5-9)23-17(26)22-11/h3-6,8H,2,7H2,1H3,(H2,18,21)(H,20,25)(H2,22,23,26). The van der Waals surface area contributed by atoms with Gasteiger partial charge in [-0.3, -0.25) is 9.36 Å². The monoisotopic (exact) mass is 351 g/mol. The highest BCUT2D eigenvalue weighted by Gasteiger charge is 2.12. The number of hydrogen-bond donors (Lipinski definition) is 4. The summed E-state index contributed by atoms with van der Waals surface area (Å²) in [4.78, 5) is 37.6. The third-order valence-electron chi connectivity index (χ3n) is 4.23. The molecule has 0 saturated heterocycles. The van der Waals surface area contributed by atoms with Gasteiger partial charge in [0.2, 0.25) is 5.95 Å². The lowest BCUT2D eigenvalue weighted by Gasteiger charge is -2.06. The molecule has 1 aromatic carbocycles. The molecule has 0 atom stereocenters. The van der Waals surface area contributed by atoms with Crippen molar-refractivity contribution in [2.24, 2.45) is 0 Å². The first-order valence-electron chi connectivity index (χ1n) is 8.16. The van der Waals surface area contributed by atoms with Crippen molar-refractivity contribution in [3.05, 3.63) is 52.1 Å². The van der Waals surface area contributed by atoms with Crippen LogP contribution in [0.5, 0.6) is 0 Å². The third-order valence-corrected chi connectivity index (χ3v) is 4.23. The van der Waals surface area contributed by atoms with E-state index in [0.717, 1.165) is 11.1 Å². The van der Waals surface area contributed by atoms with E-state index in [9.17, 15) is 9.59 Å². The maximum Gasteiger partial charge on any atom is 0.323 e. The molecule has 9 nitrogen and oxygen atoms in total. The summed E-state index contributed by atoms with van der Waals surface area (Å²) in [5.74, 6) is 0.119. The van der Waals surface area contributed by atoms with Gasteiger partial charge in [0, 0.05) is 19.3 Å². The van der Waals surface area contributed by atoms with E-state index in [-0.39, 0.29) is 11.6 Å². The summed E-state index contributed by atoms with van der Waals surface area (Å²) in [5, 5.41) is 2.84. The first-order chi connectivity index (χ1) is 12.5. The molecule has 0 spiro atoms. The second-order valence-corrected chi connectivity index (χ2v) is 5.92. The fourth-order valence-corrected chi connectivity index (χ4v) is 2.94. The number of nitrogen functional groups attached to an aromatic ring is 1. The van der Waals surface area contributed by atoms with Crippen LogP contribution in [-0.4, -0.2) is 30.4 Å². The van der Waals surface area contributed by atoms with Gasteiger partial charge in [0.25, 0.3) is 5.91 Å². The van der Waals surface area contributed by atoms with E-state index in [2.05, 4.69) is 25.3 Å². The van der Waals surface area contributed by atoms with Crippen LogP contribution in [-0.2, 0) is 13.1 Å². The molecule has 4 rings (SSSR count). The number of aromatic nitrogens is 5. The Labute approximate surface area is 147 Å². The van der Waals surface area contributed by atoms with E-state index >= 15 is 0 Å². The molecule has 5 N–H and O–H groups in total. The number of nitrogens with one attached hydrogen (secondary N) is 3. The maximum absolute atomic E-state index is 12.4. The van der Waals surface area contributed by atoms with Crippen LogP contribution in [0, 0.1) is 0 Å². The van der Waals surface area contributed by atoms with Crippen molar-refractivity contribution in [2.75, 3.05) is 5.73 Å². The molecule has 0 bridgehead atoms. The Morgan fingerprint density at radius 3 is 2.88 bits per heavy atom. The van der Waals surface area contributed by atoms with Crippen molar-refractivity contribution in [3.63, 3.8) is 0 Å². The zero-order chi connectivity index (χ0) is 18.3. The van der Waals surface area contributed by atoms with Crippen LogP contribution in [0.3, 0.4) is 0 Å². The number of fused-ring (bicyclic) bond motifs is 2. The van der Waals surface area contributed by atoms with Crippen molar-refractivity contribution >= 4 is 34.1 Å². The molecule has 0 aliphatic heterocycles. The zero-order valence-corrected chi connectivity index (χ0v) is 14.0. The van der Waals surface area contributed by atoms with Gasteiger partial charge in [-0.05, 0) is 30.7 Å². The van der Waals surface area contributed by atoms with Crippen molar-refractivity contribution in [1.82, 2.24) is 29.8 Å². The van der Waals surface area contributed by atoms with Gasteiger partial charge in [-0.2, -0.15) is 0 Å². The zero-order valence-electron chi connectivity index (χ0n) is 14.0. The highest BCUT2D eigenvalue weighted by molar-refractivity contribution is 5.96. The van der Waals surface area contributed by atoms with Gasteiger partial charge in [0.05, 0.1) is 16.6 Å². The molecule has 0 aliphatic rings. The predicted octanol–water partition coefficient (Wildman–Crippen LogP) is 1.13. The van der Waals surface area contributed by atoms with Gasteiger partial charge in [0.15, 0.2) is 5.65 Å². The van der Waals surface area contributed by atoms with Crippen LogP contribution < -0.4 is 16.7 Å². The Kier molecular flexibility index (Phi) is 3.68. The largest absolute Gasteiger partial charge is 0.369 e. The average Bonchev–Trinajstić information content (AvgIpc) is 3.15. The van der Waals surface area contributed by atoms with Crippen LogP contribution >= 0.6 is 0 Å². The molecule has 26 heavy (non-hydrogen) atoms. The molecule has 0 aliphatic carbocycles. The highest BCUT2D eigenvalue weighted by Crippen LogP contribution is 2.17. The number of nitrogens with zero attached hydrogens (tertiary/aromatic N) is 3. The molecule has 1 amide bonds. The number of pyridine rings is 1. The second kappa shape index (κ2) is 6.03. The fourth-order valence-electron chi connectivity index (χ4n) is 2.94. The van der Waals surface area contributed by atoms with E-state index in [0.29, 0.717) is 41.3 Å². The molecule has 0 radical (unpaired) electrons. The van der Waals surface area contributed by atoms with Gasteiger partial charge in [-0.15, -0.1) is 0 Å². The van der Waals surface area contributed by atoms with E-state index < -0.39 is 0 Å². The summed E-state index contributed by atoms with van der Waals surface area (Å²) in [6.45, 7) is 2.94. The minimum absolute atomic E-state index is 0.258. The summed E-state index contributed by atoms with van der Waals surface area (Å²) in [6.07, 6.45) is 1.51. The lowest BCUT2D eigenvalue weighted by atomic mass is 10.2. The van der Waals surface area contributed by atoms with Crippen LogP contribution in [0.4, 0.5) is 5.95 Å². The van der Waals surface area contributed by atoms with E-state index in [1.165, 1.54) is 6.20 Å². The number of aromatic amines is 2. The van der Waals surface area contributed by atoms with Crippen molar-refractivity contribution in [2.45, 2.75) is 20.0 Å². The normalized spacial score (nSPS) is 11.3. The lowest BCUT2D eigenvalue weighted by molar-refractivity contribution is 0.0950. The topological polar surface area (TPSA) is 134 Å². The van der Waals surface area contributed by atoms with Gasteiger partial charge < -0.3 is 21.0 Å². The number of nitrogens with two attached hydrogens (primary N) is 1. The molecular weight excluding hydrogens is 334 g/mol. The Morgan fingerprint density at radius 1 is 1.27 bits per heavy atom. The minimum atomic E-state index is -0.258. The Hall–Kier alpha value is -3.62. The number of amides is 1. The number of rotatable bonds is 4. The van der Waals surface area contributed by atoms with Gasteiger partial charge in [-0.1, -0.05) is 6.07 Å². The van der Waals surface area contributed by atoms with Crippen molar-refractivity contribution < 1.29 is 4.79 Å². The number of carbonyl (C=O) groups excluding carboxylic acids is 1. The Morgan fingerprint density at radius 2 is 2.08 bits per heavy atom. The fraction of sp³-hybridized carbons (Fsp3) is 0.176. The molecule has 132 valence electrons. The summed E-state index contributed by atoms with van der Waals surface area (Å²) in [6, 6.07) is 7.13. The molecule has 3 heterocycles. The minimum Gasteiger partial charge on any atom is -0.369 e. The summed E-state index contributed by atoms with van der Waals surface area (Å²) in [7, 11) is 0. The smallest absolute Gasteiger partial charge is 0.323 e. The average molecular weight is 351 g/mol. The number of H-pyrrole nitrogens is 2. The number of anilines is 1. The van der Waals surface area contributed by atoms with Crippen LogP contribution in [0.2, 0.25) is 0 Å². The molecule has 9 heteroatoms. The lowest BCUT2D eigenvalue weighted by Crippen LogP contribution is -2.22. The Bertz CT molecular complexity index is 1180. The van der Waals surface area contributed by atoms with Gasteiger partial charge >= 0.3 is 5.69 Å².